The van der Waals surface area contributed by atoms with Crippen molar-refractivity contribution in [3.63, 3.8) is 0 Å². The van der Waals surface area contributed by atoms with Crippen molar-refractivity contribution in [3.8, 4) is 0 Å². The lowest BCUT2D eigenvalue weighted by atomic mass is 9.80. The number of carboxylic acids is 1. The van der Waals surface area contributed by atoms with Gasteiger partial charge in [0.05, 0.1) is 5.41 Å². The van der Waals surface area contributed by atoms with E-state index in [1.54, 1.807) is 6.20 Å². The summed E-state index contributed by atoms with van der Waals surface area (Å²) in [6, 6.07) is 3.77. The van der Waals surface area contributed by atoms with Gasteiger partial charge in [0.15, 0.2) is 0 Å². The first-order chi connectivity index (χ1) is 7.55. The molecule has 0 aliphatic rings. The highest BCUT2D eigenvalue weighted by Gasteiger charge is 2.36. The van der Waals surface area contributed by atoms with Crippen molar-refractivity contribution in [2.45, 2.75) is 26.7 Å². The lowest BCUT2D eigenvalue weighted by Crippen LogP contribution is -2.40. The smallest absolute Gasteiger partial charge is 0.311 e. The van der Waals surface area contributed by atoms with Crippen LogP contribution in [-0.2, 0) is 11.2 Å². The van der Waals surface area contributed by atoms with Crippen molar-refractivity contribution >= 4 is 5.97 Å². The number of nitrogens with two attached hydrogens (primary N) is 1. The van der Waals surface area contributed by atoms with Gasteiger partial charge >= 0.3 is 5.97 Å². The van der Waals surface area contributed by atoms with Gasteiger partial charge in [-0.2, -0.15) is 0 Å². The largest absolute Gasteiger partial charge is 0.481 e. The number of hydrogen-bond acceptors (Lipinski definition) is 3. The molecule has 0 aliphatic carbocycles. The van der Waals surface area contributed by atoms with Crippen LogP contribution in [0.2, 0.25) is 0 Å². The van der Waals surface area contributed by atoms with E-state index in [0.717, 1.165) is 11.3 Å². The van der Waals surface area contributed by atoms with E-state index < -0.39 is 11.4 Å². The first-order valence-electron chi connectivity index (χ1n) is 5.39. The van der Waals surface area contributed by atoms with E-state index in [1.807, 2.05) is 26.0 Å². The van der Waals surface area contributed by atoms with Gasteiger partial charge in [-0.25, -0.2) is 0 Å². The van der Waals surface area contributed by atoms with Crippen LogP contribution in [0.25, 0.3) is 0 Å². The van der Waals surface area contributed by atoms with Crippen molar-refractivity contribution in [2.75, 3.05) is 6.54 Å². The van der Waals surface area contributed by atoms with Gasteiger partial charge in [0.2, 0.25) is 0 Å². The maximum Gasteiger partial charge on any atom is 0.311 e. The average Bonchev–Trinajstić information content (AvgIpc) is 2.28. The molecule has 88 valence electrons. The fourth-order valence-electron chi connectivity index (χ4n) is 1.68. The van der Waals surface area contributed by atoms with Crippen molar-refractivity contribution in [3.05, 3.63) is 29.6 Å². The molecule has 1 rings (SSSR count). The minimum Gasteiger partial charge on any atom is -0.481 e. The molecule has 0 aliphatic heterocycles. The molecule has 3 N–H and O–H groups in total. The van der Waals surface area contributed by atoms with E-state index in [2.05, 4.69) is 4.98 Å². The zero-order chi connectivity index (χ0) is 12.2. The van der Waals surface area contributed by atoms with Crippen molar-refractivity contribution in [1.29, 1.82) is 0 Å². The Labute approximate surface area is 95.5 Å². The first-order valence-corrected chi connectivity index (χ1v) is 5.39. The monoisotopic (exact) mass is 222 g/mol. The summed E-state index contributed by atoms with van der Waals surface area (Å²) in [5.74, 6) is -0.845. The van der Waals surface area contributed by atoms with Crippen LogP contribution in [-0.4, -0.2) is 22.6 Å². The van der Waals surface area contributed by atoms with E-state index >= 15 is 0 Å². The van der Waals surface area contributed by atoms with Gasteiger partial charge in [-0.15, -0.1) is 0 Å². The van der Waals surface area contributed by atoms with Crippen LogP contribution in [0.15, 0.2) is 18.3 Å². The zero-order valence-corrected chi connectivity index (χ0v) is 9.73. The second kappa shape index (κ2) is 5.07. The number of pyridine rings is 1. The highest BCUT2D eigenvalue weighted by Crippen LogP contribution is 2.26. The Hall–Kier alpha value is -1.42. The molecule has 0 aromatic carbocycles. The van der Waals surface area contributed by atoms with Gasteiger partial charge in [-0.1, -0.05) is 13.0 Å². The second-order valence-corrected chi connectivity index (χ2v) is 4.09. The van der Waals surface area contributed by atoms with Gasteiger partial charge in [-0.05, 0) is 25.0 Å². The summed E-state index contributed by atoms with van der Waals surface area (Å²) in [5, 5.41) is 9.27. The second-order valence-electron chi connectivity index (χ2n) is 4.09. The van der Waals surface area contributed by atoms with Crippen LogP contribution in [0.5, 0.6) is 0 Å². The number of hydrogen-bond donors (Lipinski definition) is 2. The van der Waals surface area contributed by atoms with E-state index in [-0.39, 0.29) is 6.54 Å². The highest BCUT2D eigenvalue weighted by atomic mass is 16.4. The molecule has 1 aromatic heterocycles. The summed E-state index contributed by atoms with van der Waals surface area (Å²) in [5.41, 5.74) is 6.54. The number of aryl methyl sites for hydroxylation is 1. The van der Waals surface area contributed by atoms with E-state index in [9.17, 15) is 9.90 Å². The minimum absolute atomic E-state index is 0.134. The molecule has 1 atom stereocenters. The number of aromatic nitrogens is 1. The molecule has 1 aromatic rings. The summed E-state index contributed by atoms with van der Waals surface area (Å²) in [4.78, 5) is 15.5. The van der Waals surface area contributed by atoms with Crippen LogP contribution in [0.3, 0.4) is 0 Å². The van der Waals surface area contributed by atoms with E-state index in [0.29, 0.717) is 12.8 Å². The third kappa shape index (κ3) is 2.39. The van der Waals surface area contributed by atoms with Gasteiger partial charge in [0.1, 0.15) is 0 Å². The third-order valence-corrected chi connectivity index (χ3v) is 3.14. The molecule has 1 heterocycles. The summed E-state index contributed by atoms with van der Waals surface area (Å²) >= 11 is 0. The number of carboxylic acid groups (broad SMARTS) is 1. The average molecular weight is 222 g/mol. The Morgan fingerprint density at radius 2 is 2.31 bits per heavy atom. The van der Waals surface area contributed by atoms with Crippen LogP contribution >= 0.6 is 0 Å². The van der Waals surface area contributed by atoms with E-state index in [1.165, 1.54) is 0 Å². The van der Waals surface area contributed by atoms with Crippen molar-refractivity contribution in [1.82, 2.24) is 4.98 Å². The van der Waals surface area contributed by atoms with Crippen molar-refractivity contribution < 1.29 is 9.90 Å². The van der Waals surface area contributed by atoms with Gasteiger partial charge in [0.25, 0.3) is 0 Å². The summed E-state index contributed by atoms with van der Waals surface area (Å²) < 4.78 is 0. The Morgan fingerprint density at radius 3 is 2.75 bits per heavy atom. The Bertz CT molecular complexity index is 373. The quantitative estimate of drug-likeness (QED) is 0.789. The SMILES string of the molecule is CCC(CN)(Cc1ncccc1C)C(=O)O. The lowest BCUT2D eigenvalue weighted by Gasteiger charge is -2.26. The van der Waals surface area contributed by atoms with Crippen LogP contribution in [0, 0.1) is 12.3 Å². The lowest BCUT2D eigenvalue weighted by molar-refractivity contribution is -0.148. The molecule has 0 radical (unpaired) electrons. The van der Waals surface area contributed by atoms with Gasteiger partial charge in [0, 0.05) is 24.9 Å². The van der Waals surface area contributed by atoms with E-state index in [4.69, 9.17) is 5.73 Å². The van der Waals surface area contributed by atoms with Gasteiger partial charge < -0.3 is 10.8 Å². The maximum absolute atomic E-state index is 11.3. The first kappa shape index (κ1) is 12.6. The molecular formula is C12H18N2O2. The molecule has 0 saturated heterocycles. The summed E-state index contributed by atoms with van der Waals surface area (Å²) in [6.45, 7) is 3.91. The van der Waals surface area contributed by atoms with Crippen LogP contribution in [0.1, 0.15) is 24.6 Å². The molecule has 0 bridgehead atoms. The molecule has 0 amide bonds. The molecule has 1 unspecified atom stereocenters. The fourth-order valence-corrected chi connectivity index (χ4v) is 1.68. The number of aliphatic carboxylic acids is 1. The summed E-state index contributed by atoms with van der Waals surface area (Å²) in [6.07, 6.45) is 2.58. The van der Waals surface area contributed by atoms with Gasteiger partial charge in [-0.3, -0.25) is 9.78 Å². The predicted molar refractivity (Wildman–Crippen MR) is 62.1 cm³/mol. The molecule has 16 heavy (non-hydrogen) atoms. The number of rotatable bonds is 5. The zero-order valence-electron chi connectivity index (χ0n) is 9.73. The number of nitrogens with zero attached hydrogens (tertiary/aromatic N) is 1. The minimum atomic E-state index is -0.890. The molecular weight excluding hydrogens is 204 g/mol. The normalized spacial score (nSPS) is 14.4. The topological polar surface area (TPSA) is 76.2 Å². The Kier molecular flexibility index (Phi) is 4.01. The molecule has 0 spiro atoms. The fraction of sp³-hybridized carbons (Fsp3) is 0.500. The molecule has 0 fully saturated rings. The Balaban J connectivity index is 3.01. The maximum atomic E-state index is 11.3. The molecule has 4 nitrogen and oxygen atoms in total. The standard InChI is InChI=1S/C12H18N2O2/c1-3-12(8-13,11(15)16)7-10-9(2)5-4-6-14-10/h4-6H,3,7-8,13H2,1-2H3,(H,15,16). The third-order valence-electron chi connectivity index (χ3n) is 3.14. The predicted octanol–water partition coefficient (Wildman–Crippen LogP) is 1.37. The van der Waals surface area contributed by atoms with Crippen molar-refractivity contribution in [2.24, 2.45) is 11.1 Å². The molecule has 0 saturated carbocycles. The van der Waals surface area contributed by atoms with Crippen LogP contribution < -0.4 is 5.73 Å². The number of carbonyl (C=O) groups is 1. The van der Waals surface area contributed by atoms with Crippen LogP contribution in [0.4, 0.5) is 0 Å². The summed E-state index contributed by atoms with van der Waals surface area (Å²) in [7, 11) is 0. The molecule has 4 heteroatoms. The highest BCUT2D eigenvalue weighted by molar-refractivity contribution is 5.75. The Morgan fingerprint density at radius 1 is 1.62 bits per heavy atom.